The lowest BCUT2D eigenvalue weighted by molar-refractivity contribution is 0.952. The first-order chi connectivity index (χ1) is 61.4. The molecule has 0 atom stereocenters. The van der Waals surface area contributed by atoms with Crippen LogP contribution in [0.15, 0.2) is 437 Å². The van der Waals surface area contributed by atoms with Crippen molar-refractivity contribution in [3.8, 4) is 147 Å². The van der Waals surface area contributed by atoms with Gasteiger partial charge in [-0.25, -0.2) is 24.9 Å². The molecule has 0 aliphatic rings. The fourth-order valence-electron chi connectivity index (χ4n) is 18.5. The van der Waals surface area contributed by atoms with E-state index in [4.69, 9.17) is 29.9 Å². The van der Waals surface area contributed by atoms with Crippen molar-refractivity contribution in [2.75, 3.05) is 0 Å². The van der Waals surface area contributed by atoms with Crippen molar-refractivity contribution >= 4 is 87.2 Å². The first kappa shape index (κ1) is 71.3. The maximum absolute atomic E-state index is 5.96. The summed E-state index contributed by atoms with van der Waals surface area (Å²) in [6, 6.07) is 156. The zero-order valence-electron chi connectivity index (χ0n) is 67.0. The van der Waals surface area contributed by atoms with E-state index in [1.165, 1.54) is 0 Å². The van der Waals surface area contributed by atoms with Crippen molar-refractivity contribution in [1.29, 1.82) is 0 Å². The SMILES string of the molecule is c1ccc(-c2ccc3c(c2)c2cc(-c4ccccc4)ccc2n3-c2cc(-c3cc(-c4ccccc4)nc(-c4ccccc4)n3)cc(-n3c4ccc(-c5ccccc5)cc4c4cc(-c5ccc(-c6ccc7c(c6)c6ccccc6n7-c6cc(-c7cc(-c8ccccc8)nc(-c8ccccc8)c7)nc(-n7c8ccccc8c8ccccc87)n6)cc5)ccc43)n2)cc1. The first-order valence-electron chi connectivity index (χ1n) is 41.9. The summed E-state index contributed by atoms with van der Waals surface area (Å²) in [7, 11) is 0. The molecule has 8 heterocycles. The van der Waals surface area contributed by atoms with Gasteiger partial charge in [-0.05, 0) is 165 Å². The van der Waals surface area contributed by atoms with Crippen molar-refractivity contribution in [2.45, 2.75) is 0 Å². The van der Waals surface area contributed by atoms with Crippen molar-refractivity contribution in [1.82, 2.24) is 48.2 Å². The van der Waals surface area contributed by atoms with Crippen LogP contribution < -0.4 is 0 Å². The molecule has 0 saturated carbocycles. The largest absolute Gasteiger partial charge is 0.294 e. The summed E-state index contributed by atoms with van der Waals surface area (Å²) >= 11 is 0. The van der Waals surface area contributed by atoms with Gasteiger partial charge in [0, 0.05) is 82.5 Å². The van der Waals surface area contributed by atoms with Crippen molar-refractivity contribution in [3.05, 3.63) is 437 Å². The van der Waals surface area contributed by atoms with Crippen LogP contribution in [0.1, 0.15) is 0 Å². The molecule has 24 rings (SSSR count). The summed E-state index contributed by atoms with van der Waals surface area (Å²) in [6.45, 7) is 0. The quantitative estimate of drug-likeness (QED) is 0.101. The van der Waals surface area contributed by atoms with E-state index in [0.29, 0.717) is 11.8 Å². The molecule has 578 valence electrons. The second-order valence-corrected chi connectivity index (χ2v) is 31.8. The van der Waals surface area contributed by atoms with E-state index in [2.05, 4.69) is 419 Å². The van der Waals surface area contributed by atoms with Gasteiger partial charge in [0.15, 0.2) is 5.82 Å². The molecule has 0 aliphatic carbocycles. The minimum Gasteiger partial charge on any atom is -0.294 e. The third-order valence-corrected chi connectivity index (χ3v) is 24.4. The molecule has 10 heteroatoms. The molecule has 0 N–H and O–H groups in total. The monoisotopic (exact) mass is 1580 g/mol. The van der Waals surface area contributed by atoms with E-state index in [9.17, 15) is 0 Å². The number of rotatable bonds is 15. The standard InChI is InChI=1S/C114H72N10/c1-8-28-73(29-9-1)82-52-58-106-93(63-82)94-64-83(74-30-10-2-11-31-74)53-59-107(94)122(106)110-69-88(100-71-99(80-38-18-6-19-39-80)116-113(117-100)81-40-20-7-21-41-81)70-111(119-110)123-108-60-54-84(75-32-12-3-13-33-75)65-95(108)96-66-86(56-61-109(96)123)77-50-48-76(49-51-77)85-55-57-105-92(62-85)91-44-24-25-45-102(91)121(105)112-72-101(118-114(120-112)124-103-46-26-22-42-89(103)90-43-23-27-47-104(90)124)87-67-97(78-34-14-4-15-35-78)115-98(68-87)79-36-16-5-17-37-79/h1-72H. The fourth-order valence-corrected chi connectivity index (χ4v) is 18.5. The maximum atomic E-state index is 5.96. The summed E-state index contributed by atoms with van der Waals surface area (Å²) in [4.78, 5) is 33.4. The lowest BCUT2D eigenvalue weighted by atomic mass is 9.97. The van der Waals surface area contributed by atoms with Gasteiger partial charge in [0.1, 0.15) is 17.5 Å². The molecule has 16 aromatic carbocycles. The van der Waals surface area contributed by atoms with Crippen LogP contribution >= 0.6 is 0 Å². The number of benzene rings is 16. The Morgan fingerprint density at radius 3 is 0.750 bits per heavy atom. The normalized spacial score (nSPS) is 11.7. The second-order valence-electron chi connectivity index (χ2n) is 31.8. The Morgan fingerprint density at radius 1 is 0.129 bits per heavy atom. The van der Waals surface area contributed by atoms with Crippen molar-refractivity contribution in [3.63, 3.8) is 0 Å². The van der Waals surface area contributed by atoms with E-state index >= 15 is 0 Å². The van der Waals surface area contributed by atoms with E-state index < -0.39 is 0 Å². The predicted molar refractivity (Wildman–Crippen MR) is 510 cm³/mol. The summed E-state index contributed by atoms with van der Waals surface area (Å²) in [6.07, 6.45) is 0. The highest BCUT2D eigenvalue weighted by Crippen LogP contribution is 2.45. The zero-order chi connectivity index (χ0) is 81.7. The number of nitrogens with zero attached hydrogens (tertiary/aromatic N) is 10. The molecule has 0 amide bonds. The number of aromatic nitrogens is 10. The Labute approximate surface area is 714 Å². The van der Waals surface area contributed by atoms with E-state index in [-0.39, 0.29) is 0 Å². The summed E-state index contributed by atoms with van der Waals surface area (Å²) in [5.41, 5.74) is 29.2. The molecule has 0 spiro atoms. The molecule has 0 radical (unpaired) electrons. The highest BCUT2D eigenvalue weighted by molar-refractivity contribution is 6.15. The number of para-hydroxylation sites is 3. The average Bonchev–Trinajstić information content (AvgIpc) is 1.57. The third-order valence-electron chi connectivity index (χ3n) is 24.4. The van der Waals surface area contributed by atoms with Crippen LogP contribution in [0, 0.1) is 0 Å². The number of hydrogen-bond acceptors (Lipinski definition) is 6. The lowest BCUT2D eigenvalue weighted by Gasteiger charge is -2.16. The van der Waals surface area contributed by atoms with Gasteiger partial charge >= 0.3 is 0 Å². The molecule has 10 nitrogen and oxygen atoms in total. The van der Waals surface area contributed by atoms with E-state index in [1.807, 2.05) is 36.4 Å². The molecule has 124 heavy (non-hydrogen) atoms. The van der Waals surface area contributed by atoms with E-state index in [1.54, 1.807) is 0 Å². The number of hydrogen-bond donors (Lipinski definition) is 0. The van der Waals surface area contributed by atoms with Crippen LogP contribution in [0.5, 0.6) is 0 Å². The van der Waals surface area contributed by atoms with Crippen LogP contribution in [0.3, 0.4) is 0 Å². The highest BCUT2D eigenvalue weighted by atomic mass is 15.2. The Bertz CT molecular complexity index is 8040. The molecule has 0 fully saturated rings. The topological polar surface area (TPSA) is 97.1 Å². The number of pyridine rings is 2. The molecule has 0 saturated heterocycles. The molecular formula is C114H72N10. The first-order valence-corrected chi connectivity index (χ1v) is 41.9. The average molecular weight is 1580 g/mol. The van der Waals surface area contributed by atoms with Crippen molar-refractivity contribution < 1.29 is 0 Å². The maximum Gasteiger partial charge on any atom is 0.237 e. The molecule has 0 aliphatic heterocycles. The van der Waals surface area contributed by atoms with Crippen LogP contribution in [-0.4, -0.2) is 48.2 Å². The Morgan fingerprint density at radius 2 is 0.379 bits per heavy atom. The van der Waals surface area contributed by atoms with E-state index in [0.717, 1.165) is 222 Å². The van der Waals surface area contributed by atoms with Gasteiger partial charge < -0.3 is 0 Å². The minimum atomic E-state index is 0.563. The van der Waals surface area contributed by atoms with Gasteiger partial charge in [-0.15, -0.1) is 0 Å². The second kappa shape index (κ2) is 29.6. The third kappa shape index (κ3) is 12.4. The summed E-state index contributed by atoms with van der Waals surface area (Å²) in [5, 5.41) is 8.92. The smallest absolute Gasteiger partial charge is 0.237 e. The lowest BCUT2D eigenvalue weighted by Crippen LogP contribution is -2.07. The molecular weight excluding hydrogens is 1510 g/mol. The molecule has 0 unspecified atom stereocenters. The van der Waals surface area contributed by atoms with Gasteiger partial charge in [-0.1, -0.05) is 322 Å². The molecule has 8 aromatic heterocycles. The van der Waals surface area contributed by atoms with Crippen molar-refractivity contribution in [2.24, 2.45) is 0 Å². The minimum absolute atomic E-state index is 0.563. The van der Waals surface area contributed by atoms with Gasteiger partial charge in [-0.3, -0.25) is 18.3 Å². The highest BCUT2D eigenvalue weighted by Gasteiger charge is 2.26. The number of fused-ring (bicyclic) bond motifs is 12. The van der Waals surface area contributed by atoms with Gasteiger partial charge in [0.2, 0.25) is 5.95 Å². The molecule has 24 aromatic rings. The van der Waals surface area contributed by atoms with Crippen LogP contribution in [0.25, 0.3) is 234 Å². The Balaban J connectivity index is 0.659. The molecule has 0 bridgehead atoms. The van der Waals surface area contributed by atoms with Crippen LogP contribution in [0.2, 0.25) is 0 Å². The zero-order valence-corrected chi connectivity index (χ0v) is 67.0. The van der Waals surface area contributed by atoms with Gasteiger partial charge in [-0.2, -0.15) is 4.98 Å². The fraction of sp³-hybridized carbons (Fsp3) is 0. The van der Waals surface area contributed by atoms with Crippen LogP contribution in [-0.2, 0) is 0 Å². The van der Waals surface area contributed by atoms with Crippen LogP contribution in [0.4, 0.5) is 0 Å². The van der Waals surface area contributed by atoms with Gasteiger partial charge in [0.25, 0.3) is 0 Å². The predicted octanol–water partition coefficient (Wildman–Crippen LogP) is 28.8. The van der Waals surface area contributed by atoms with Gasteiger partial charge in [0.05, 0.1) is 72.6 Å². The summed E-state index contributed by atoms with van der Waals surface area (Å²) < 4.78 is 9.24. The summed E-state index contributed by atoms with van der Waals surface area (Å²) in [5.74, 6) is 3.41. The Kier molecular flexibility index (Phi) is 17.0. The Hall–Kier alpha value is -16.8.